The van der Waals surface area contributed by atoms with E-state index in [1.54, 1.807) is 0 Å². The van der Waals surface area contributed by atoms with Crippen LogP contribution in [0.4, 0.5) is 18.0 Å². The molecule has 0 aliphatic rings. The first-order valence-corrected chi connectivity index (χ1v) is 7.71. The van der Waals surface area contributed by atoms with Crippen molar-refractivity contribution in [1.82, 2.24) is 5.32 Å². The van der Waals surface area contributed by atoms with Crippen molar-refractivity contribution < 1.29 is 22.7 Å². The van der Waals surface area contributed by atoms with Gasteiger partial charge in [0.25, 0.3) is 0 Å². The SMILES string of the molecule is O=C(NCC=Cc1cc(Cl)cc(C(F)(F)F)c1)OCc1ccccc1. The normalized spacial score (nSPS) is 11.5. The molecule has 0 saturated heterocycles. The van der Waals surface area contributed by atoms with E-state index in [0.717, 1.165) is 17.7 Å². The van der Waals surface area contributed by atoms with Crippen molar-refractivity contribution in [1.29, 1.82) is 0 Å². The van der Waals surface area contributed by atoms with Crippen LogP contribution in [0.15, 0.2) is 54.6 Å². The Kier molecular flexibility index (Phi) is 6.47. The van der Waals surface area contributed by atoms with E-state index in [2.05, 4.69) is 5.32 Å². The Bertz CT molecular complexity index is 746. The van der Waals surface area contributed by atoms with Gasteiger partial charge < -0.3 is 10.1 Å². The number of benzene rings is 2. The van der Waals surface area contributed by atoms with Gasteiger partial charge >= 0.3 is 12.3 Å². The summed E-state index contributed by atoms with van der Waals surface area (Å²) in [7, 11) is 0. The molecule has 0 heterocycles. The minimum Gasteiger partial charge on any atom is -0.445 e. The molecule has 0 saturated carbocycles. The standard InChI is InChI=1S/C18H15ClF3NO2/c19-16-10-14(9-15(11-16)18(20,21)22)7-4-8-23-17(24)25-12-13-5-2-1-3-6-13/h1-7,9-11H,8,12H2,(H,23,24). The smallest absolute Gasteiger partial charge is 0.416 e. The summed E-state index contributed by atoms with van der Waals surface area (Å²) in [5.74, 6) is 0. The first-order chi connectivity index (χ1) is 11.8. The third kappa shape index (κ3) is 6.51. The van der Waals surface area contributed by atoms with Crippen molar-refractivity contribution in [3.05, 3.63) is 76.3 Å². The molecule has 3 nitrogen and oxygen atoms in total. The molecule has 25 heavy (non-hydrogen) atoms. The van der Waals surface area contributed by atoms with E-state index in [4.69, 9.17) is 16.3 Å². The largest absolute Gasteiger partial charge is 0.445 e. The van der Waals surface area contributed by atoms with Crippen LogP contribution in [0.3, 0.4) is 0 Å². The Hall–Kier alpha value is -2.47. The fraction of sp³-hybridized carbons (Fsp3) is 0.167. The lowest BCUT2D eigenvalue weighted by Crippen LogP contribution is -2.24. The van der Waals surface area contributed by atoms with Crippen molar-refractivity contribution in [3.63, 3.8) is 0 Å². The van der Waals surface area contributed by atoms with Crippen LogP contribution in [0.25, 0.3) is 6.08 Å². The van der Waals surface area contributed by atoms with Crippen LogP contribution < -0.4 is 5.32 Å². The van der Waals surface area contributed by atoms with Gasteiger partial charge in [0, 0.05) is 11.6 Å². The summed E-state index contributed by atoms with van der Waals surface area (Å²) in [5, 5.41) is 2.47. The number of ether oxygens (including phenoxy) is 1. The summed E-state index contributed by atoms with van der Waals surface area (Å²) in [4.78, 5) is 11.5. The third-order valence-electron chi connectivity index (χ3n) is 3.13. The number of alkyl halides is 3. The topological polar surface area (TPSA) is 38.3 Å². The second-order valence-corrected chi connectivity index (χ2v) is 5.55. The Balaban J connectivity index is 1.83. The Morgan fingerprint density at radius 1 is 1.16 bits per heavy atom. The number of halogens is 4. The second kappa shape index (κ2) is 8.58. The Morgan fingerprint density at radius 3 is 2.56 bits per heavy atom. The van der Waals surface area contributed by atoms with Crippen LogP contribution in [0, 0.1) is 0 Å². The summed E-state index contributed by atoms with van der Waals surface area (Å²) < 4.78 is 43.1. The molecule has 1 N–H and O–H groups in total. The molecule has 0 radical (unpaired) electrons. The molecule has 0 atom stereocenters. The van der Waals surface area contributed by atoms with Gasteiger partial charge in [0.2, 0.25) is 0 Å². The molecule has 0 aliphatic carbocycles. The van der Waals surface area contributed by atoms with Gasteiger partial charge in [0.15, 0.2) is 0 Å². The molecule has 0 spiro atoms. The van der Waals surface area contributed by atoms with Gasteiger partial charge in [-0.25, -0.2) is 4.79 Å². The number of hydrogen-bond acceptors (Lipinski definition) is 2. The zero-order chi connectivity index (χ0) is 18.3. The fourth-order valence-corrected chi connectivity index (χ4v) is 2.23. The predicted molar refractivity (Wildman–Crippen MR) is 90.1 cm³/mol. The first-order valence-electron chi connectivity index (χ1n) is 7.33. The second-order valence-electron chi connectivity index (χ2n) is 5.12. The summed E-state index contributed by atoms with van der Waals surface area (Å²) in [5.41, 5.74) is 0.320. The quantitative estimate of drug-likeness (QED) is 0.776. The lowest BCUT2D eigenvalue weighted by molar-refractivity contribution is -0.137. The average Bonchev–Trinajstić information content (AvgIpc) is 2.56. The van der Waals surface area contributed by atoms with E-state index in [0.29, 0.717) is 5.56 Å². The van der Waals surface area contributed by atoms with Crippen LogP contribution in [0.1, 0.15) is 16.7 Å². The number of hydrogen-bond donors (Lipinski definition) is 1. The summed E-state index contributed by atoms with van der Waals surface area (Å²) >= 11 is 5.70. The van der Waals surface area contributed by atoms with E-state index in [1.165, 1.54) is 18.2 Å². The van der Waals surface area contributed by atoms with Crippen LogP contribution >= 0.6 is 11.6 Å². The van der Waals surface area contributed by atoms with Crippen molar-refractivity contribution >= 4 is 23.8 Å². The Morgan fingerprint density at radius 2 is 1.88 bits per heavy atom. The number of alkyl carbamates (subject to hydrolysis) is 1. The van der Waals surface area contributed by atoms with Crippen molar-refractivity contribution in [3.8, 4) is 0 Å². The minimum atomic E-state index is -4.47. The highest BCUT2D eigenvalue weighted by Crippen LogP contribution is 2.32. The zero-order valence-corrected chi connectivity index (χ0v) is 13.8. The van der Waals surface area contributed by atoms with Gasteiger partial charge in [0.1, 0.15) is 6.61 Å². The van der Waals surface area contributed by atoms with E-state index < -0.39 is 17.8 Å². The van der Waals surface area contributed by atoms with Crippen LogP contribution in [-0.2, 0) is 17.5 Å². The zero-order valence-electron chi connectivity index (χ0n) is 13.0. The molecular weight excluding hydrogens is 355 g/mol. The van der Waals surface area contributed by atoms with E-state index in [-0.39, 0.29) is 18.2 Å². The van der Waals surface area contributed by atoms with Gasteiger partial charge in [-0.2, -0.15) is 13.2 Å². The van der Waals surface area contributed by atoms with E-state index in [9.17, 15) is 18.0 Å². The van der Waals surface area contributed by atoms with Crippen molar-refractivity contribution in [2.24, 2.45) is 0 Å². The molecule has 7 heteroatoms. The van der Waals surface area contributed by atoms with Gasteiger partial charge in [-0.3, -0.25) is 0 Å². The minimum absolute atomic E-state index is 0.00953. The molecule has 1 amide bonds. The Labute approximate surface area is 148 Å². The lowest BCUT2D eigenvalue weighted by atomic mass is 10.1. The molecule has 132 valence electrons. The molecule has 2 aromatic rings. The highest BCUT2D eigenvalue weighted by molar-refractivity contribution is 6.30. The van der Waals surface area contributed by atoms with Gasteiger partial charge in [-0.15, -0.1) is 0 Å². The number of carbonyl (C=O) groups excluding carboxylic acids is 1. The molecule has 0 bridgehead atoms. The number of nitrogens with one attached hydrogen (secondary N) is 1. The predicted octanol–water partition coefficient (Wildman–Crippen LogP) is 5.30. The van der Waals surface area contributed by atoms with Crippen molar-refractivity contribution in [2.45, 2.75) is 12.8 Å². The molecule has 0 fully saturated rings. The van der Waals surface area contributed by atoms with E-state index in [1.807, 2.05) is 30.3 Å². The summed E-state index contributed by atoms with van der Waals surface area (Å²) in [6, 6.07) is 12.4. The molecule has 2 rings (SSSR count). The van der Waals surface area contributed by atoms with Gasteiger partial charge in [-0.05, 0) is 29.3 Å². The first kappa shape index (κ1) is 18.9. The molecule has 2 aromatic carbocycles. The maximum atomic E-state index is 12.7. The third-order valence-corrected chi connectivity index (χ3v) is 3.35. The monoisotopic (exact) mass is 369 g/mol. The van der Waals surface area contributed by atoms with Crippen LogP contribution in [-0.4, -0.2) is 12.6 Å². The molecule has 0 unspecified atom stereocenters. The lowest BCUT2D eigenvalue weighted by Gasteiger charge is -2.08. The summed E-state index contributed by atoms with van der Waals surface area (Å²) in [6.07, 6.45) is -2.13. The van der Waals surface area contributed by atoms with Gasteiger partial charge in [-0.1, -0.05) is 54.1 Å². The molecule has 0 aliphatic heterocycles. The highest BCUT2D eigenvalue weighted by Gasteiger charge is 2.30. The highest BCUT2D eigenvalue weighted by atomic mass is 35.5. The van der Waals surface area contributed by atoms with E-state index >= 15 is 0 Å². The summed E-state index contributed by atoms with van der Waals surface area (Å²) in [6.45, 7) is 0.251. The maximum absolute atomic E-state index is 12.7. The van der Waals surface area contributed by atoms with Crippen LogP contribution in [0.5, 0.6) is 0 Å². The van der Waals surface area contributed by atoms with Crippen molar-refractivity contribution in [2.75, 3.05) is 6.54 Å². The van der Waals surface area contributed by atoms with Crippen LogP contribution in [0.2, 0.25) is 5.02 Å². The number of amides is 1. The number of carbonyl (C=O) groups is 1. The molecule has 0 aromatic heterocycles. The fourth-order valence-electron chi connectivity index (χ4n) is 1.98. The molecular formula is C18H15ClF3NO2. The average molecular weight is 370 g/mol. The van der Waals surface area contributed by atoms with Gasteiger partial charge in [0.05, 0.1) is 5.56 Å². The number of rotatable bonds is 5. The maximum Gasteiger partial charge on any atom is 0.416 e.